The van der Waals surface area contributed by atoms with Crippen molar-refractivity contribution >= 4 is 11.7 Å². The number of rotatable bonds is 7. The van der Waals surface area contributed by atoms with E-state index in [-0.39, 0.29) is 30.9 Å². The molecule has 1 aliphatic rings. The molecule has 1 N–H and O–H groups in total. The van der Waals surface area contributed by atoms with Crippen LogP contribution in [0.1, 0.15) is 24.0 Å². The fourth-order valence-electron chi connectivity index (χ4n) is 3.54. The average Bonchev–Trinajstić information content (AvgIpc) is 2.68. The molecule has 3 rings (SSSR count). The second kappa shape index (κ2) is 9.33. The topological polar surface area (TPSA) is 59.0 Å². The van der Waals surface area contributed by atoms with Gasteiger partial charge in [-0.05, 0) is 36.1 Å². The number of benzene rings is 2. The highest BCUT2D eigenvalue weighted by Gasteiger charge is 2.34. The zero-order valence-corrected chi connectivity index (χ0v) is 16.4. The summed E-state index contributed by atoms with van der Waals surface area (Å²) < 4.78 is 39.4. The Kier molecular flexibility index (Phi) is 6.82. The van der Waals surface area contributed by atoms with Gasteiger partial charge in [0, 0.05) is 20.2 Å². The zero-order chi connectivity index (χ0) is 20.9. The summed E-state index contributed by atoms with van der Waals surface area (Å²) in [5, 5.41) is 10.4. The van der Waals surface area contributed by atoms with E-state index in [0.29, 0.717) is 25.9 Å². The number of anilines is 1. The van der Waals surface area contributed by atoms with E-state index in [4.69, 9.17) is 9.47 Å². The van der Waals surface area contributed by atoms with Crippen LogP contribution in [-0.2, 0) is 27.3 Å². The van der Waals surface area contributed by atoms with Gasteiger partial charge in [0.25, 0.3) is 0 Å². The molecule has 0 spiro atoms. The van der Waals surface area contributed by atoms with E-state index in [1.54, 1.807) is 4.90 Å². The molecule has 0 amide bonds. The van der Waals surface area contributed by atoms with E-state index in [1.807, 2.05) is 30.3 Å². The first-order valence-corrected chi connectivity index (χ1v) is 9.54. The molecule has 5 nitrogen and oxygen atoms in total. The number of piperidine rings is 1. The van der Waals surface area contributed by atoms with Crippen molar-refractivity contribution in [1.82, 2.24) is 0 Å². The molecule has 1 heterocycles. The van der Waals surface area contributed by atoms with Crippen molar-refractivity contribution < 1.29 is 28.2 Å². The van der Waals surface area contributed by atoms with Gasteiger partial charge in [0.2, 0.25) is 0 Å². The summed E-state index contributed by atoms with van der Waals surface area (Å²) in [6, 6.07) is 11.5. The third kappa shape index (κ3) is 5.52. The lowest BCUT2D eigenvalue weighted by Gasteiger charge is -2.39. The third-order valence-corrected chi connectivity index (χ3v) is 5.09. The SMILES string of the molecule is COCC1(O)CCN(c2c(F)cc(CC(=O)OCc3ccccc3)cc2F)CC1. The number of halogens is 2. The van der Waals surface area contributed by atoms with Crippen LogP contribution >= 0.6 is 0 Å². The molecule has 1 aliphatic heterocycles. The van der Waals surface area contributed by atoms with Crippen molar-refractivity contribution in [2.24, 2.45) is 0 Å². The largest absolute Gasteiger partial charge is 0.461 e. The summed E-state index contributed by atoms with van der Waals surface area (Å²) in [5.41, 5.74) is -0.0478. The third-order valence-electron chi connectivity index (χ3n) is 5.09. The Morgan fingerprint density at radius 2 is 1.72 bits per heavy atom. The first-order valence-electron chi connectivity index (χ1n) is 9.54. The van der Waals surface area contributed by atoms with Gasteiger partial charge >= 0.3 is 5.97 Å². The highest BCUT2D eigenvalue weighted by Crippen LogP contribution is 2.31. The van der Waals surface area contributed by atoms with Crippen LogP contribution in [0.4, 0.5) is 14.5 Å². The van der Waals surface area contributed by atoms with Gasteiger partial charge in [0.15, 0.2) is 0 Å². The van der Waals surface area contributed by atoms with Crippen molar-refractivity contribution in [3.8, 4) is 0 Å². The molecular weight excluding hydrogens is 380 g/mol. The highest BCUT2D eigenvalue weighted by molar-refractivity contribution is 5.73. The number of methoxy groups -OCH3 is 1. The summed E-state index contributed by atoms with van der Waals surface area (Å²) >= 11 is 0. The minimum Gasteiger partial charge on any atom is -0.461 e. The first kappa shape index (κ1) is 21.2. The second-order valence-corrected chi connectivity index (χ2v) is 7.38. The molecule has 2 aromatic carbocycles. The highest BCUT2D eigenvalue weighted by atomic mass is 19.1. The standard InChI is InChI=1S/C22H25F2NO4/c1-28-15-22(27)7-9-25(10-8-22)21-18(23)11-17(12-19(21)24)13-20(26)29-14-16-5-3-2-4-6-16/h2-6,11-12,27H,7-10,13-15H2,1H3. The maximum absolute atomic E-state index is 14.6. The van der Waals surface area contributed by atoms with Gasteiger partial charge in [0.1, 0.15) is 23.9 Å². The quantitative estimate of drug-likeness (QED) is 0.717. The molecule has 1 fully saturated rings. The smallest absolute Gasteiger partial charge is 0.310 e. The van der Waals surface area contributed by atoms with Crippen molar-refractivity contribution in [1.29, 1.82) is 0 Å². The Morgan fingerprint density at radius 1 is 1.10 bits per heavy atom. The van der Waals surface area contributed by atoms with Crippen LogP contribution in [0, 0.1) is 11.6 Å². The number of carbonyl (C=O) groups is 1. The van der Waals surface area contributed by atoms with Crippen LogP contribution in [-0.4, -0.2) is 43.5 Å². The normalized spacial score (nSPS) is 15.9. The Bertz CT molecular complexity index is 813. The number of esters is 1. The molecule has 29 heavy (non-hydrogen) atoms. The van der Waals surface area contributed by atoms with Gasteiger partial charge in [-0.2, -0.15) is 0 Å². The number of ether oxygens (including phenoxy) is 2. The summed E-state index contributed by atoms with van der Waals surface area (Å²) in [7, 11) is 1.51. The van der Waals surface area contributed by atoms with Crippen molar-refractivity contribution in [2.75, 3.05) is 31.7 Å². The maximum atomic E-state index is 14.6. The number of aliphatic hydroxyl groups is 1. The van der Waals surface area contributed by atoms with Crippen LogP contribution in [0.25, 0.3) is 0 Å². The van der Waals surface area contributed by atoms with Gasteiger partial charge in [-0.25, -0.2) is 8.78 Å². The zero-order valence-electron chi connectivity index (χ0n) is 16.4. The van der Waals surface area contributed by atoms with Crippen molar-refractivity contribution in [3.63, 3.8) is 0 Å². The molecule has 0 unspecified atom stereocenters. The lowest BCUT2D eigenvalue weighted by molar-refractivity contribution is -0.144. The fraction of sp³-hybridized carbons (Fsp3) is 0.409. The molecule has 0 atom stereocenters. The lowest BCUT2D eigenvalue weighted by atomic mass is 9.92. The predicted molar refractivity (Wildman–Crippen MR) is 105 cm³/mol. The summed E-state index contributed by atoms with van der Waals surface area (Å²) in [6.07, 6.45) is 0.495. The lowest BCUT2D eigenvalue weighted by Crippen LogP contribution is -2.47. The van der Waals surface area contributed by atoms with E-state index in [2.05, 4.69) is 0 Å². The first-order chi connectivity index (χ1) is 13.9. The van der Waals surface area contributed by atoms with E-state index in [1.165, 1.54) is 7.11 Å². The van der Waals surface area contributed by atoms with Crippen LogP contribution in [0.3, 0.4) is 0 Å². The summed E-state index contributed by atoms with van der Waals surface area (Å²) in [5.74, 6) is -2.01. The van der Waals surface area contributed by atoms with Crippen LogP contribution in [0.2, 0.25) is 0 Å². The van der Waals surface area contributed by atoms with Crippen molar-refractivity contribution in [2.45, 2.75) is 31.5 Å². The maximum Gasteiger partial charge on any atom is 0.310 e. The summed E-state index contributed by atoms with van der Waals surface area (Å²) in [6.45, 7) is 0.926. The monoisotopic (exact) mass is 405 g/mol. The van der Waals surface area contributed by atoms with E-state index < -0.39 is 23.2 Å². The molecule has 7 heteroatoms. The van der Waals surface area contributed by atoms with Crippen LogP contribution in [0.15, 0.2) is 42.5 Å². The van der Waals surface area contributed by atoms with Gasteiger partial charge in [0.05, 0.1) is 18.6 Å². The van der Waals surface area contributed by atoms with E-state index in [9.17, 15) is 18.7 Å². The van der Waals surface area contributed by atoms with Crippen LogP contribution < -0.4 is 4.90 Å². The Balaban J connectivity index is 1.61. The fourth-order valence-corrected chi connectivity index (χ4v) is 3.54. The minimum atomic E-state index is -0.972. The number of carbonyl (C=O) groups excluding carboxylic acids is 1. The van der Waals surface area contributed by atoms with Gasteiger partial charge < -0.3 is 19.5 Å². The van der Waals surface area contributed by atoms with Gasteiger partial charge in [-0.3, -0.25) is 4.79 Å². The molecule has 1 saturated heterocycles. The van der Waals surface area contributed by atoms with Gasteiger partial charge in [-0.15, -0.1) is 0 Å². The number of hydrogen-bond acceptors (Lipinski definition) is 5. The molecule has 0 radical (unpaired) electrons. The van der Waals surface area contributed by atoms with Gasteiger partial charge in [-0.1, -0.05) is 30.3 Å². The molecular formula is C22H25F2NO4. The van der Waals surface area contributed by atoms with E-state index in [0.717, 1.165) is 17.7 Å². The number of hydrogen-bond donors (Lipinski definition) is 1. The van der Waals surface area contributed by atoms with E-state index >= 15 is 0 Å². The van der Waals surface area contributed by atoms with Crippen molar-refractivity contribution in [3.05, 3.63) is 65.2 Å². The molecule has 0 bridgehead atoms. The Morgan fingerprint density at radius 3 is 2.31 bits per heavy atom. The Hall–Kier alpha value is -2.51. The molecule has 0 aliphatic carbocycles. The predicted octanol–water partition coefficient (Wildman–Crippen LogP) is 3.23. The molecule has 0 aromatic heterocycles. The second-order valence-electron chi connectivity index (χ2n) is 7.38. The molecule has 2 aromatic rings. The Labute approximate surface area is 168 Å². The van der Waals surface area contributed by atoms with Crippen LogP contribution in [0.5, 0.6) is 0 Å². The number of nitrogens with zero attached hydrogens (tertiary/aromatic N) is 1. The average molecular weight is 405 g/mol. The molecule has 0 saturated carbocycles. The minimum absolute atomic E-state index is 0.112. The summed E-state index contributed by atoms with van der Waals surface area (Å²) in [4.78, 5) is 13.6. The molecule has 156 valence electrons.